The second-order valence-electron chi connectivity index (χ2n) is 6.89. The third kappa shape index (κ3) is 5.28. The fraction of sp³-hybridized carbons (Fsp3) is 0.273. The summed E-state index contributed by atoms with van der Waals surface area (Å²) >= 11 is 5.80. The number of rotatable bonds is 9. The van der Waals surface area contributed by atoms with Crippen molar-refractivity contribution in [2.45, 2.75) is 6.42 Å². The summed E-state index contributed by atoms with van der Waals surface area (Å²) < 4.78 is 4.96. The van der Waals surface area contributed by atoms with Crippen LogP contribution in [0.4, 0.5) is 0 Å². The molecular formula is C22H22ClN3O5. The zero-order valence-corrected chi connectivity index (χ0v) is 17.7. The van der Waals surface area contributed by atoms with E-state index in [2.05, 4.69) is 10.6 Å². The number of imide groups is 1. The lowest BCUT2D eigenvalue weighted by molar-refractivity contribution is 0.0638. The Labute approximate surface area is 184 Å². The van der Waals surface area contributed by atoms with E-state index in [1.165, 1.54) is 18.2 Å². The molecule has 0 spiro atoms. The molecule has 1 heterocycles. The normalized spacial score (nSPS) is 12.6. The summed E-state index contributed by atoms with van der Waals surface area (Å²) in [6.07, 6.45) is 0.539. The predicted molar refractivity (Wildman–Crippen MR) is 114 cm³/mol. The molecule has 0 fully saturated rings. The molecule has 0 aliphatic carbocycles. The molecule has 0 bridgehead atoms. The molecule has 3 rings (SSSR count). The van der Waals surface area contributed by atoms with E-state index in [1.54, 1.807) is 31.4 Å². The van der Waals surface area contributed by atoms with E-state index >= 15 is 0 Å². The van der Waals surface area contributed by atoms with Gasteiger partial charge in [0.1, 0.15) is 0 Å². The number of carbonyl (C=O) groups excluding carboxylic acids is 4. The quantitative estimate of drug-likeness (QED) is 0.456. The van der Waals surface area contributed by atoms with Crippen molar-refractivity contribution in [3.8, 4) is 0 Å². The molecule has 0 saturated heterocycles. The highest BCUT2D eigenvalue weighted by Crippen LogP contribution is 2.24. The first-order valence-electron chi connectivity index (χ1n) is 9.73. The minimum Gasteiger partial charge on any atom is -0.385 e. The van der Waals surface area contributed by atoms with Gasteiger partial charge in [-0.1, -0.05) is 11.6 Å². The van der Waals surface area contributed by atoms with E-state index in [9.17, 15) is 19.2 Å². The fourth-order valence-corrected chi connectivity index (χ4v) is 3.29. The Balaban J connectivity index is 1.53. The van der Waals surface area contributed by atoms with Crippen molar-refractivity contribution >= 4 is 35.2 Å². The molecule has 0 atom stereocenters. The third-order valence-electron chi connectivity index (χ3n) is 4.77. The minimum atomic E-state index is -0.416. The van der Waals surface area contributed by atoms with Crippen LogP contribution < -0.4 is 10.6 Å². The standard InChI is InChI=1S/C22H22ClN3O5/c1-31-12-2-11-26-21(29)17-8-5-15(13-18(17)22(26)30)20(28)25-10-9-24-19(27)14-3-6-16(23)7-4-14/h3-8,13H,2,9-12H2,1H3,(H,24,27)(H,25,28). The maximum Gasteiger partial charge on any atom is 0.261 e. The maximum atomic E-state index is 12.5. The predicted octanol–water partition coefficient (Wildman–Crippen LogP) is 2.13. The molecule has 0 saturated carbocycles. The van der Waals surface area contributed by atoms with E-state index in [4.69, 9.17) is 16.3 Å². The van der Waals surface area contributed by atoms with Gasteiger partial charge in [0.2, 0.25) is 0 Å². The van der Waals surface area contributed by atoms with Crippen LogP contribution >= 0.6 is 11.6 Å². The Kier molecular flexibility index (Phi) is 7.38. The van der Waals surface area contributed by atoms with Crippen LogP contribution in [-0.4, -0.2) is 61.9 Å². The highest BCUT2D eigenvalue weighted by atomic mass is 35.5. The molecular weight excluding hydrogens is 422 g/mol. The van der Waals surface area contributed by atoms with Gasteiger partial charge in [-0.05, 0) is 48.9 Å². The lowest BCUT2D eigenvalue weighted by Crippen LogP contribution is -2.34. The number of halogens is 1. The number of ether oxygens (including phenoxy) is 1. The average molecular weight is 444 g/mol. The van der Waals surface area contributed by atoms with Gasteiger partial charge >= 0.3 is 0 Å². The van der Waals surface area contributed by atoms with Crippen molar-refractivity contribution in [3.05, 3.63) is 69.7 Å². The van der Waals surface area contributed by atoms with Crippen LogP contribution in [0, 0.1) is 0 Å². The van der Waals surface area contributed by atoms with Crippen LogP contribution in [0.3, 0.4) is 0 Å². The number of fused-ring (bicyclic) bond motifs is 1. The molecule has 4 amide bonds. The summed E-state index contributed by atoms with van der Waals surface area (Å²) in [5, 5.41) is 5.92. The van der Waals surface area contributed by atoms with Gasteiger partial charge in [0, 0.05) is 49.5 Å². The summed E-state index contributed by atoms with van der Waals surface area (Å²) in [6, 6.07) is 10.9. The van der Waals surface area contributed by atoms with Crippen LogP contribution in [0.2, 0.25) is 5.02 Å². The van der Waals surface area contributed by atoms with Crippen LogP contribution in [0.15, 0.2) is 42.5 Å². The first-order chi connectivity index (χ1) is 14.9. The second-order valence-corrected chi connectivity index (χ2v) is 7.32. The van der Waals surface area contributed by atoms with Crippen molar-refractivity contribution in [1.82, 2.24) is 15.5 Å². The van der Waals surface area contributed by atoms with E-state index in [0.717, 1.165) is 4.90 Å². The highest BCUT2D eigenvalue weighted by Gasteiger charge is 2.35. The first-order valence-corrected chi connectivity index (χ1v) is 10.1. The molecule has 2 aromatic rings. The summed E-state index contributed by atoms with van der Waals surface area (Å²) in [6.45, 7) is 1.12. The zero-order chi connectivity index (χ0) is 22.4. The smallest absolute Gasteiger partial charge is 0.261 e. The van der Waals surface area contributed by atoms with Gasteiger partial charge in [-0.2, -0.15) is 0 Å². The van der Waals surface area contributed by atoms with E-state index in [-0.39, 0.29) is 48.1 Å². The number of carbonyl (C=O) groups is 4. The largest absolute Gasteiger partial charge is 0.385 e. The lowest BCUT2D eigenvalue weighted by Gasteiger charge is -2.12. The van der Waals surface area contributed by atoms with Crippen molar-refractivity contribution in [2.24, 2.45) is 0 Å². The van der Waals surface area contributed by atoms with E-state index < -0.39 is 11.8 Å². The highest BCUT2D eigenvalue weighted by molar-refractivity contribution is 6.30. The van der Waals surface area contributed by atoms with Crippen LogP contribution in [0.1, 0.15) is 47.9 Å². The Hall–Kier alpha value is -3.23. The van der Waals surface area contributed by atoms with E-state index in [1.807, 2.05) is 0 Å². The molecule has 0 unspecified atom stereocenters. The van der Waals surface area contributed by atoms with Gasteiger partial charge in [0.05, 0.1) is 11.1 Å². The Morgan fingerprint density at radius 3 is 2.13 bits per heavy atom. The lowest BCUT2D eigenvalue weighted by atomic mass is 10.1. The van der Waals surface area contributed by atoms with Gasteiger partial charge < -0.3 is 15.4 Å². The molecule has 1 aliphatic rings. The minimum absolute atomic E-state index is 0.200. The van der Waals surface area contributed by atoms with Crippen molar-refractivity contribution in [2.75, 3.05) is 33.4 Å². The number of amides is 4. The van der Waals surface area contributed by atoms with Crippen molar-refractivity contribution in [1.29, 1.82) is 0 Å². The number of nitrogens with one attached hydrogen (secondary N) is 2. The number of hydrogen-bond donors (Lipinski definition) is 2. The Morgan fingerprint density at radius 2 is 1.48 bits per heavy atom. The van der Waals surface area contributed by atoms with Crippen LogP contribution in [0.5, 0.6) is 0 Å². The van der Waals surface area contributed by atoms with Gasteiger partial charge in [-0.15, -0.1) is 0 Å². The molecule has 9 heteroatoms. The molecule has 1 aliphatic heterocycles. The Bertz CT molecular complexity index is 1010. The van der Waals surface area contributed by atoms with Crippen LogP contribution in [0.25, 0.3) is 0 Å². The molecule has 31 heavy (non-hydrogen) atoms. The molecule has 162 valence electrons. The SMILES string of the molecule is COCCCN1C(=O)c2ccc(C(=O)NCCNC(=O)c3ccc(Cl)cc3)cc2C1=O. The van der Waals surface area contributed by atoms with Crippen molar-refractivity contribution < 1.29 is 23.9 Å². The molecule has 0 radical (unpaired) electrons. The summed E-state index contributed by atoms with van der Waals surface area (Å²) in [5.41, 5.74) is 1.23. The van der Waals surface area contributed by atoms with E-state index in [0.29, 0.717) is 23.6 Å². The monoisotopic (exact) mass is 443 g/mol. The topological polar surface area (TPSA) is 105 Å². The Morgan fingerprint density at radius 1 is 0.903 bits per heavy atom. The zero-order valence-electron chi connectivity index (χ0n) is 16.9. The number of methoxy groups -OCH3 is 1. The number of nitrogens with zero attached hydrogens (tertiary/aromatic N) is 1. The molecule has 8 nitrogen and oxygen atoms in total. The molecule has 2 N–H and O–H groups in total. The van der Waals surface area contributed by atoms with Crippen molar-refractivity contribution in [3.63, 3.8) is 0 Å². The molecule has 2 aromatic carbocycles. The van der Waals surface area contributed by atoms with Gasteiger partial charge in [0.15, 0.2) is 0 Å². The fourth-order valence-electron chi connectivity index (χ4n) is 3.16. The average Bonchev–Trinajstić information content (AvgIpc) is 3.01. The maximum absolute atomic E-state index is 12.5. The molecule has 0 aromatic heterocycles. The summed E-state index contributed by atoms with van der Waals surface area (Å²) in [7, 11) is 1.55. The third-order valence-corrected chi connectivity index (χ3v) is 5.02. The van der Waals surface area contributed by atoms with Crippen LogP contribution in [-0.2, 0) is 4.74 Å². The van der Waals surface area contributed by atoms with Gasteiger partial charge in [0.25, 0.3) is 23.6 Å². The number of hydrogen-bond acceptors (Lipinski definition) is 5. The number of benzene rings is 2. The summed E-state index contributed by atoms with van der Waals surface area (Å²) in [4.78, 5) is 50.6. The van der Waals surface area contributed by atoms with Gasteiger partial charge in [-0.3, -0.25) is 24.1 Å². The van der Waals surface area contributed by atoms with Gasteiger partial charge in [-0.25, -0.2) is 0 Å². The second kappa shape index (κ2) is 10.2. The first kappa shape index (κ1) is 22.5. The summed E-state index contributed by atoms with van der Waals surface area (Å²) in [5.74, 6) is -1.46.